The average Bonchev–Trinajstić information content (AvgIpc) is 3.59. The summed E-state index contributed by atoms with van der Waals surface area (Å²) in [5.41, 5.74) is 10.4. The number of benzene rings is 1. The molecule has 4 heterocycles. The van der Waals surface area contributed by atoms with Crippen molar-refractivity contribution in [2.75, 3.05) is 25.5 Å². The minimum absolute atomic E-state index is 0. The van der Waals surface area contributed by atoms with Gasteiger partial charge in [0.05, 0.1) is 16.7 Å². The molecule has 4 aromatic rings. The summed E-state index contributed by atoms with van der Waals surface area (Å²) in [6.45, 7) is 4.79. The molecule has 0 radical (unpaired) electrons. The van der Waals surface area contributed by atoms with Crippen molar-refractivity contribution in [3.8, 4) is 0 Å². The van der Waals surface area contributed by atoms with E-state index in [0.29, 0.717) is 17.4 Å². The molecule has 1 fully saturated rings. The van der Waals surface area contributed by atoms with Crippen LogP contribution in [0.15, 0.2) is 36.5 Å². The van der Waals surface area contributed by atoms with Gasteiger partial charge in [-0.1, -0.05) is 31.7 Å². The zero-order chi connectivity index (χ0) is 25.8. The number of aromatic nitrogens is 4. The summed E-state index contributed by atoms with van der Waals surface area (Å²) in [6, 6.07) is 10.3. The Morgan fingerprint density at radius 2 is 1.92 bits per heavy atom. The van der Waals surface area contributed by atoms with E-state index in [-0.39, 0.29) is 18.3 Å². The van der Waals surface area contributed by atoms with E-state index in [1.807, 2.05) is 42.1 Å². The van der Waals surface area contributed by atoms with E-state index in [0.717, 1.165) is 66.4 Å². The van der Waals surface area contributed by atoms with Gasteiger partial charge in [0.25, 0.3) is 5.91 Å². The van der Waals surface area contributed by atoms with E-state index in [2.05, 4.69) is 33.3 Å². The molecule has 1 saturated heterocycles. The van der Waals surface area contributed by atoms with Gasteiger partial charge in [-0.25, -0.2) is 4.98 Å². The highest BCUT2D eigenvalue weighted by Gasteiger charge is 2.24. The molecule has 0 aliphatic carbocycles. The summed E-state index contributed by atoms with van der Waals surface area (Å²) in [7, 11) is 2.17. The third-order valence-electron chi connectivity index (χ3n) is 7.67. The van der Waals surface area contributed by atoms with Crippen molar-refractivity contribution in [1.82, 2.24) is 24.6 Å². The number of aromatic amines is 1. The smallest absolute Gasteiger partial charge is 0.256 e. The summed E-state index contributed by atoms with van der Waals surface area (Å²) in [5, 5.41) is 9.89. The molecule has 9 heteroatoms. The Bertz CT molecular complexity index is 1380. The van der Waals surface area contributed by atoms with Crippen LogP contribution in [0.25, 0.3) is 21.8 Å². The lowest BCUT2D eigenvalue weighted by molar-refractivity contribution is 0.102. The molecule has 1 aliphatic heterocycles. The number of carbonyl (C=O) groups excluding carboxylic acids is 1. The van der Waals surface area contributed by atoms with E-state index in [9.17, 15) is 4.79 Å². The molecule has 0 saturated carbocycles. The SMILES string of the molecule is Cc1nn(CCCCCCCCN)c2cc(C(=O)Nc3cc4[nH]c([C@H]5CCCN5C)cc4cn3)ccc12.Cl. The number of pyridine rings is 1. The second-order valence-electron chi connectivity index (χ2n) is 10.4. The third kappa shape index (κ3) is 6.20. The average molecular weight is 538 g/mol. The Kier molecular flexibility index (Phi) is 9.41. The number of amides is 1. The van der Waals surface area contributed by atoms with Gasteiger partial charge in [0.2, 0.25) is 0 Å². The van der Waals surface area contributed by atoms with Crippen molar-refractivity contribution in [2.24, 2.45) is 5.73 Å². The summed E-state index contributed by atoms with van der Waals surface area (Å²) in [6.07, 6.45) is 11.2. The maximum Gasteiger partial charge on any atom is 0.256 e. The zero-order valence-corrected chi connectivity index (χ0v) is 23.3. The van der Waals surface area contributed by atoms with Crippen LogP contribution in [0, 0.1) is 6.92 Å². The normalized spacial score (nSPS) is 15.8. The Morgan fingerprint density at radius 1 is 1.13 bits per heavy atom. The van der Waals surface area contributed by atoms with Gasteiger partial charge < -0.3 is 16.0 Å². The molecule has 3 aromatic heterocycles. The topological polar surface area (TPSA) is 105 Å². The van der Waals surface area contributed by atoms with Crippen LogP contribution in [0.2, 0.25) is 0 Å². The number of halogens is 1. The number of fused-ring (bicyclic) bond motifs is 2. The van der Waals surface area contributed by atoms with Crippen molar-refractivity contribution >= 4 is 45.9 Å². The highest BCUT2D eigenvalue weighted by Crippen LogP contribution is 2.32. The van der Waals surface area contributed by atoms with Crippen LogP contribution in [0.5, 0.6) is 0 Å². The molecule has 5 rings (SSSR count). The molecule has 1 atom stereocenters. The molecule has 4 N–H and O–H groups in total. The van der Waals surface area contributed by atoms with Crippen molar-refractivity contribution in [2.45, 2.75) is 70.9 Å². The van der Waals surface area contributed by atoms with Gasteiger partial charge in [-0.05, 0) is 70.9 Å². The Labute approximate surface area is 230 Å². The maximum atomic E-state index is 13.1. The molecule has 1 aliphatic rings. The van der Waals surface area contributed by atoms with E-state index in [1.54, 1.807) is 0 Å². The van der Waals surface area contributed by atoms with Crippen molar-refractivity contribution in [3.05, 3.63) is 53.5 Å². The minimum atomic E-state index is -0.165. The van der Waals surface area contributed by atoms with Crippen LogP contribution in [0.4, 0.5) is 5.82 Å². The predicted molar refractivity (Wildman–Crippen MR) is 157 cm³/mol. The van der Waals surface area contributed by atoms with E-state index in [1.165, 1.54) is 37.8 Å². The fourth-order valence-electron chi connectivity index (χ4n) is 5.55. The van der Waals surface area contributed by atoms with Crippen LogP contribution in [-0.2, 0) is 6.54 Å². The second-order valence-corrected chi connectivity index (χ2v) is 10.4. The molecular weight excluding hydrogens is 498 g/mol. The van der Waals surface area contributed by atoms with Crippen LogP contribution in [-0.4, -0.2) is 50.7 Å². The molecule has 0 spiro atoms. The maximum absolute atomic E-state index is 13.1. The number of carbonyl (C=O) groups is 1. The molecule has 1 amide bonds. The first-order valence-corrected chi connectivity index (χ1v) is 13.7. The third-order valence-corrected chi connectivity index (χ3v) is 7.67. The summed E-state index contributed by atoms with van der Waals surface area (Å²) in [5.74, 6) is 0.381. The lowest BCUT2D eigenvalue weighted by atomic mass is 10.1. The molecule has 0 bridgehead atoms. The Balaban J connectivity index is 0.00000336. The number of anilines is 1. The lowest BCUT2D eigenvalue weighted by Gasteiger charge is -2.17. The highest BCUT2D eigenvalue weighted by atomic mass is 35.5. The number of nitrogens with zero attached hydrogens (tertiary/aromatic N) is 4. The molecule has 204 valence electrons. The fraction of sp³-hybridized carbons (Fsp3) is 0.483. The molecular formula is C29H40ClN7O. The lowest BCUT2D eigenvalue weighted by Crippen LogP contribution is -2.17. The van der Waals surface area contributed by atoms with Gasteiger partial charge >= 0.3 is 0 Å². The molecule has 0 unspecified atom stereocenters. The van der Waals surface area contributed by atoms with E-state index < -0.39 is 0 Å². The summed E-state index contributed by atoms with van der Waals surface area (Å²) in [4.78, 5) is 23.6. The van der Waals surface area contributed by atoms with Crippen LogP contribution >= 0.6 is 12.4 Å². The van der Waals surface area contributed by atoms with Crippen molar-refractivity contribution in [3.63, 3.8) is 0 Å². The standard InChI is InChI=1S/C29H39N7O.ClH/c1-20-23-12-11-21(17-27(23)36(34-20)15-8-6-4-3-5-7-13-30)29(37)33-28-18-24-22(19-31-28)16-25(32-24)26-10-9-14-35(26)2;/h11-12,16-19,26,32H,3-10,13-15,30H2,1-2H3,(H,31,33,37);1H/t26-;/m1./s1. The molecule has 38 heavy (non-hydrogen) atoms. The van der Waals surface area contributed by atoms with Gasteiger partial charge in [0, 0.05) is 46.9 Å². The number of likely N-dealkylation sites (tertiary alicyclic amines) is 1. The largest absolute Gasteiger partial charge is 0.357 e. The molecule has 8 nitrogen and oxygen atoms in total. The number of aryl methyl sites for hydroxylation is 2. The summed E-state index contributed by atoms with van der Waals surface area (Å²) >= 11 is 0. The number of nitrogens with two attached hydrogens (primary N) is 1. The van der Waals surface area contributed by atoms with Crippen LogP contribution in [0.3, 0.4) is 0 Å². The molecule has 1 aromatic carbocycles. The minimum Gasteiger partial charge on any atom is -0.357 e. The van der Waals surface area contributed by atoms with Gasteiger partial charge in [0.15, 0.2) is 0 Å². The number of hydrogen-bond donors (Lipinski definition) is 3. The fourth-order valence-corrected chi connectivity index (χ4v) is 5.55. The monoisotopic (exact) mass is 537 g/mol. The van der Waals surface area contributed by atoms with Crippen molar-refractivity contribution < 1.29 is 4.79 Å². The first kappa shape index (κ1) is 28.1. The number of nitrogens with one attached hydrogen (secondary N) is 2. The number of H-pyrrole nitrogens is 1. The Hall–Kier alpha value is -2.94. The second kappa shape index (κ2) is 12.7. The Morgan fingerprint density at radius 3 is 2.68 bits per heavy atom. The van der Waals surface area contributed by atoms with Gasteiger partial charge in [-0.2, -0.15) is 5.10 Å². The number of hydrogen-bond acceptors (Lipinski definition) is 5. The number of unbranched alkanes of at least 4 members (excludes halogenated alkanes) is 5. The first-order chi connectivity index (χ1) is 18.0. The zero-order valence-electron chi connectivity index (χ0n) is 22.5. The van der Waals surface area contributed by atoms with E-state index >= 15 is 0 Å². The van der Waals surface area contributed by atoms with Crippen LogP contribution < -0.4 is 11.1 Å². The van der Waals surface area contributed by atoms with Gasteiger partial charge in [-0.3, -0.25) is 14.4 Å². The quantitative estimate of drug-likeness (QED) is 0.205. The first-order valence-electron chi connectivity index (χ1n) is 13.7. The van der Waals surface area contributed by atoms with Gasteiger partial charge in [0.1, 0.15) is 5.82 Å². The predicted octanol–water partition coefficient (Wildman–Crippen LogP) is 5.96. The van der Waals surface area contributed by atoms with Gasteiger partial charge in [-0.15, -0.1) is 12.4 Å². The highest BCUT2D eigenvalue weighted by molar-refractivity contribution is 6.06. The van der Waals surface area contributed by atoms with E-state index in [4.69, 9.17) is 10.8 Å². The van der Waals surface area contributed by atoms with Crippen molar-refractivity contribution in [1.29, 1.82) is 0 Å². The number of rotatable bonds is 11. The van der Waals surface area contributed by atoms with Crippen LogP contribution in [0.1, 0.15) is 79.2 Å². The summed E-state index contributed by atoms with van der Waals surface area (Å²) < 4.78 is 2.05.